The van der Waals surface area contributed by atoms with Crippen LogP contribution >= 0.6 is 24.0 Å². The zero-order valence-electron chi connectivity index (χ0n) is 14.9. The molecule has 132 valence electrons. The average Bonchev–Trinajstić information content (AvgIpc) is 2.96. The Bertz CT molecular complexity index is 676. The lowest BCUT2D eigenvalue weighted by molar-refractivity contribution is 0.379. The highest BCUT2D eigenvalue weighted by atomic mass is 127. The predicted octanol–water partition coefficient (Wildman–Crippen LogP) is 3.16. The number of pyridine rings is 1. The molecule has 0 aliphatic rings. The molecule has 0 bridgehead atoms. The van der Waals surface area contributed by atoms with Crippen LogP contribution in [0.1, 0.15) is 43.8 Å². The normalized spacial score (nSPS) is 11.8. The molecule has 0 fully saturated rings. The topological polar surface area (TPSA) is 75.3 Å². The second-order valence-corrected chi connectivity index (χ2v) is 6.42. The van der Waals surface area contributed by atoms with Crippen molar-refractivity contribution in [2.45, 2.75) is 46.2 Å². The van der Waals surface area contributed by atoms with Crippen LogP contribution in [0.2, 0.25) is 0 Å². The van der Waals surface area contributed by atoms with Crippen LogP contribution < -0.4 is 10.6 Å². The smallest absolute Gasteiger partial charge is 0.213 e. The van der Waals surface area contributed by atoms with Gasteiger partial charge in [-0.3, -0.25) is 9.98 Å². The number of aryl methyl sites for hydroxylation is 1. The highest BCUT2D eigenvalue weighted by Gasteiger charge is 2.19. The van der Waals surface area contributed by atoms with Crippen molar-refractivity contribution in [3.63, 3.8) is 0 Å². The number of halogens is 1. The Labute approximate surface area is 160 Å². The molecule has 2 rings (SSSR count). The van der Waals surface area contributed by atoms with Gasteiger partial charge in [-0.25, -0.2) is 4.98 Å². The lowest BCUT2D eigenvalue weighted by Gasteiger charge is -2.13. The zero-order valence-corrected chi connectivity index (χ0v) is 17.2. The molecule has 2 aromatic heterocycles. The molecule has 0 aliphatic heterocycles. The second-order valence-electron chi connectivity index (χ2n) is 6.42. The number of hydrogen-bond acceptors (Lipinski definition) is 4. The van der Waals surface area contributed by atoms with Gasteiger partial charge >= 0.3 is 0 Å². The molecule has 2 aromatic rings. The van der Waals surface area contributed by atoms with Crippen molar-refractivity contribution < 1.29 is 4.42 Å². The van der Waals surface area contributed by atoms with Gasteiger partial charge in [0.15, 0.2) is 5.96 Å². The molecule has 6 nitrogen and oxygen atoms in total. The summed E-state index contributed by atoms with van der Waals surface area (Å²) in [5, 5.41) is 6.42. The first-order valence-corrected chi connectivity index (χ1v) is 7.70. The third-order valence-corrected chi connectivity index (χ3v) is 3.31. The summed E-state index contributed by atoms with van der Waals surface area (Å²) in [6.07, 6.45) is 1.78. The van der Waals surface area contributed by atoms with E-state index < -0.39 is 0 Å². The first kappa shape index (κ1) is 20.4. The summed E-state index contributed by atoms with van der Waals surface area (Å²) >= 11 is 0. The van der Waals surface area contributed by atoms with Crippen molar-refractivity contribution in [3.8, 4) is 0 Å². The number of guanidine groups is 1. The summed E-state index contributed by atoms with van der Waals surface area (Å²) in [6, 6.07) is 5.96. The molecule has 7 heteroatoms. The van der Waals surface area contributed by atoms with Crippen LogP contribution in [0.15, 0.2) is 33.8 Å². The van der Waals surface area contributed by atoms with E-state index in [0.29, 0.717) is 24.9 Å². The average molecular weight is 443 g/mol. The second kappa shape index (κ2) is 9.00. The molecule has 2 N–H and O–H groups in total. The number of hydrogen-bond donors (Lipinski definition) is 2. The number of aromatic nitrogens is 2. The van der Waals surface area contributed by atoms with Crippen LogP contribution in [0.5, 0.6) is 0 Å². The minimum Gasteiger partial charge on any atom is -0.443 e. The van der Waals surface area contributed by atoms with Gasteiger partial charge in [-0.2, -0.15) is 0 Å². The summed E-state index contributed by atoms with van der Waals surface area (Å²) in [4.78, 5) is 12.9. The highest BCUT2D eigenvalue weighted by Crippen LogP contribution is 2.22. The van der Waals surface area contributed by atoms with Crippen LogP contribution in [0.25, 0.3) is 0 Å². The minimum atomic E-state index is -0.0397. The molecule has 24 heavy (non-hydrogen) atoms. The van der Waals surface area contributed by atoms with E-state index in [1.807, 2.05) is 25.1 Å². The Morgan fingerprint density at radius 2 is 1.92 bits per heavy atom. The molecule has 0 saturated carbocycles. The van der Waals surface area contributed by atoms with Crippen LogP contribution in [0.4, 0.5) is 0 Å². The summed E-state index contributed by atoms with van der Waals surface area (Å²) < 4.78 is 5.75. The van der Waals surface area contributed by atoms with Crippen molar-refractivity contribution in [2.24, 2.45) is 4.99 Å². The lowest BCUT2D eigenvalue weighted by Crippen LogP contribution is -2.36. The molecule has 0 radical (unpaired) electrons. The van der Waals surface area contributed by atoms with Gasteiger partial charge < -0.3 is 15.1 Å². The number of rotatable bonds is 4. The molecule has 0 unspecified atom stereocenters. The molecule has 0 aromatic carbocycles. The monoisotopic (exact) mass is 443 g/mol. The summed E-state index contributed by atoms with van der Waals surface area (Å²) in [5.74, 6) is 2.21. The molecule has 2 heterocycles. The SMILES string of the molecule is CN=C(NCc1cccc(C)n1)NCc1ncc(C(C)(C)C)o1.I. The molecule has 0 amide bonds. The minimum absolute atomic E-state index is 0. The Hall–Kier alpha value is -1.64. The number of oxazole rings is 1. The Morgan fingerprint density at radius 1 is 1.21 bits per heavy atom. The Balaban J connectivity index is 0.00000288. The maximum atomic E-state index is 5.75. The molecule has 0 spiro atoms. The van der Waals surface area contributed by atoms with Gasteiger partial charge in [0.25, 0.3) is 0 Å². The fourth-order valence-corrected chi connectivity index (χ4v) is 1.99. The summed E-state index contributed by atoms with van der Waals surface area (Å²) in [5.41, 5.74) is 1.93. The van der Waals surface area contributed by atoms with Gasteiger partial charge in [0.2, 0.25) is 5.89 Å². The van der Waals surface area contributed by atoms with Gasteiger partial charge in [-0.05, 0) is 19.1 Å². The lowest BCUT2D eigenvalue weighted by atomic mass is 9.94. The van der Waals surface area contributed by atoms with Crippen LogP contribution in [-0.2, 0) is 18.5 Å². The largest absolute Gasteiger partial charge is 0.443 e. The van der Waals surface area contributed by atoms with E-state index in [2.05, 4.69) is 46.4 Å². The van der Waals surface area contributed by atoms with Crippen molar-refractivity contribution in [2.75, 3.05) is 7.05 Å². The fourth-order valence-electron chi connectivity index (χ4n) is 1.99. The van der Waals surface area contributed by atoms with Crippen LogP contribution in [0, 0.1) is 6.92 Å². The number of nitrogens with zero attached hydrogens (tertiary/aromatic N) is 3. The highest BCUT2D eigenvalue weighted by molar-refractivity contribution is 14.0. The van der Waals surface area contributed by atoms with E-state index in [1.54, 1.807) is 13.2 Å². The molecular weight excluding hydrogens is 417 g/mol. The van der Waals surface area contributed by atoms with Gasteiger partial charge in [-0.1, -0.05) is 26.8 Å². The van der Waals surface area contributed by atoms with E-state index in [0.717, 1.165) is 17.1 Å². The summed E-state index contributed by atoms with van der Waals surface area (Å²) in [7, 11) is 1.73. The van der Waals surface area contributed by atoms with Gasteiger partial charge in [0.05, 0.1) is 25.0 Å². The van der Waals surface area contributed by atoms with E-state index in [-0.39, 0.29) is 29.4 Å². The number of nitrogens with one attached hydrogen (secondary N) is 2. The van der Waals surface area contributed by atoms with Crippen molar-refractivity contribution in [3.05, 3.63) is 47.4 Å². The predicted molar refractivity (Wildman–Crippen MR) is 107 cm³/mol. The molecule has 0 atom stereocenters. The quantitative estimate of drug-likeness (QED) is 0.432. The standard InChI is InChI=1S/C17H25N5O.HI/c1-12-7-6-8-13(22-12)9-20-16(18-5)21-11-15-19-10-14(23-15)17(2,3)4;/h6-8,10H,9,11H2,1-5H3,(H2,18,20,21);1H. The molecule has 0 saturated heterocycles. The summed E-state index contributed by atoms with van der Waals surface area (Å²) in [6.45, 7) is 9.36. The van der Waals surface area contributed by atoms with Gasteiger partial charge in [-0.15, -0.1) is 24.0 Å². The van der Waals surface area contributed by atoms with Crippen molar-refractivity contribution in [1.29, 1.82) is 0 Å². The third kappa shape index (κ3) is 6.10. The van der Waals surface area contributed by atoms with Crippen molar-refractivity contribution in [1.82, 2.24) is 20.6 Å². The van der Waals surface area contributed by atoms with Gasteiger partial charge in [0, 0.05) is 18.2 Å². The van der Waals surface area contributed by atoms with E-state index >= 15 is 0 Å². The third-order valence-electron chi connectivity index (χ3n) is 3.31. The van der Waals surface area contributed by atoms with Crippen molar-refractivity contribution >= 4 is 29.9 Å². The van der Waals surface area contributed by atoms with E-state index in [1.165, 1.54) is 0 Å². The zero-order chi connectivity index (χ0) is 16.9. The first-order chi connectivity index (χ1) is 10.9. The Kier molecular flexibility index (Phi) is 7.65. The molecule has 0 aliphatic carbocycles. The maximum absolute atomic E-state index is 5.75. The van der Waals surface area contributed by atoms with Crippen LogP contribution in [-0.4, -0.2) is 23.0 Å². The Morgan fingerprint density at radius 3 is 2.50 bits per heavy atom. The van der Waals surface area contributed by atoms with E-state index in [9.17, 15) is 0 Å². The maximum Gasteiger partial charge on any atom is 0.213 e. The van der Waals surface area contributed by atoms with E-state index in [4.69, 9.17) is 4.42 Å². The van der Waals surface area contributed by atoms with Gasteiger partial charge in [0.1, 0.15) is 5.76 Å². The first-order valence-electron chi connectivity index (χ1n) is 7.70. The fraction of sp³-hybridized carbons (Fsp3) is 0.471. The number of aliphatic imine (C=N–C) groups is 1. The van der Waals surface area contributed by atoms with Crippen LogP contribution in [0.3, 0.4) is 0 Å². The molecular formula is C17H26IN5O.